The lowest BCUT2D eigenvalue weighted by molar-refractivity contribution is -0.127. The SMILES string of the molecule is CCN1CC2(CCN(c3cc(C)nc(SC)n3)CC2)CC1=O. The number of likely N-dealkylation sites (tertiary alicyclic amines) is 1. The largest absolute Gasteiger partial charge is 0.356 e. The van der Waals surface area contributed by atoms with Gasteiger partial charge in [-0.2, -0.15) is 0 Å². The minimum Gasteiger partial charge on any atom is -0.356 e. The second-order valence-electron chi connectivity index (χ2n) is 6.43. The van der Waals surface area contributed by atoms with Crippen LogP contribution < -0.4 is 4.90 Å². The van der Waals surface area contributed by atoms with Gasteiger partial charge in [-0.3, -0.25) is 4.79 Å². The van der Waals surface area contributed by atoms with Crippen molar-refractivity contribution in [2.45, 2.75) is 38.3 Å². The van der Waals surface area contributed by atoms with Crippen molar-refractivity contribution in [3.8, 4) is 0 Å². The van der Waals surface area contributed by atoms with Crippen molar-refractivity contribution < 1.29 is 4.79 Å². The molecule has 2 aliphatic rings. The lowest BCUT2D eigenvalue weighted by Crippen LogP contribution is -2.42. The van der Waals surface area contributed by atoms with E-state index in [1.165, 1.54) is 0 Å². The molecule has 5 nitrogen and oxygen atoms in total. The summed E-state index contributed by atoms with van der Waals surface area (Å²) in [7, 11) is 0. The first kappa shape index (κ1) is 15.6. The van der Waals surface area contributed by atoms with Gasteiger partial charge in [-0.25, -0.2) is 9.97 Å². The van der Waals surface area contributed by atoms with E-state index < -0.39 is 0 Å². The van der Waals surface area contributed by atoms with Gasteiger partial charge in [-0.05, 0) is 32.9 Å². The molecule has 1 aromatic rings. The van der Waals surface area contributed by atoms with E-state index in [0.717, 1.165) is 62.1 Å². The maximum Gasteiger partial charge on any atom is 0.223 e. The number of rotatable bonds is 3. The zero-order chi connectivity index (χ0) is 15.7. The van der Waals surface area contributed by atoms with Crippen molar-refractivity contribution in [2.24, 2.45) is 5.41 Å². The van der Waals surface area contributed by atoms with Crippen LogP contribution in [-0.4, -0.2) is 53.2 Å². The fraction of sp³-hybridized carbons (Fsp3) is 0.688. The smallest absolute Gasteiger partial charge is 0.223 e. The number of piperidine rings is 1. The Morgan fingerprint density at radius 3 is 2.64 bits per heavy atom. The van der Waals surface area contributed by atoms with E-state index in [4.69, 9.17) is 0 Å². The van der Waals surface area contributed by atoms with Crippen LogP contribution in [0, 0.1) is 12.3 Å². The lowest BCUT2D eigenvalue weighted by Gasteiger charge is -2.39. The Hall–Kier alpha value is -1.30. The number of carbonyl (C=O) groups is 1. The molecule has 1 aromatic heterocycles. The highest BCUT2D eigenvalue weighted by atomic mass is 32.2. The van der Waals surface area contributed by atoms with Gasteiger partial charge in [-0.15, -0.1) is 0 Å². The molecule has 0 atom stereocenters. The predicted octanol–water partition coefficient (Wildman–Crippen LogP) is 2.35. The Bertz CT molecular complexity index is 569. The number of hydrogen-bond donors (Lipinski definition) is 0. The third-order valence-electron chi connectivity index (χ3n) is 4.94. The summed E-state index contributed by atoms with van der Waals surface area (Å²) in [4.78, 5) is 25.5. The molecule has 22 heavy (non-hydrogen) atoms. The molecule has 0 aliphatic carbocycles. The number of hydrogen-bond acceptors (Lipinski definition) is 5. The number of aryl methyl sites for hydroxylation is 1. The van der Waals surface area contributed by atoms with Gasteiger partial charge < -0.3 is 9.80 Å². The Kier molecular flexibility index (Phi) is 4.30. The first-order chi connectivity index (χ1) is 10.5. The van der Waals surface area contributed by atoms with Gasteiger partial charge >= 0.3 is 0 Å². The highest BCUT2D eigenvalue weighted by molar-refractivity contribution is 7.98. The molecule has 2 aliphatic heterocycles. The molecule has 2 saturated heterocycles. The quantitative estimate of drug-likeness (QED) is 0.632. The van der Waals surface area contributed by atoms with Gasteiger partial charge in [0.05, 0.1) is 0 Å². The summed E-state index contributed by atoms with van der Waals surface area (Å²) in [6, 6.07) is 2.07. The molecule has 0 N–H and O–H groups in total. The van der Waals surface area contributed by atoms with Gasteiger partial charge in [0.1, 0.15) is 5.82 Å². The normalized spacial score (nSPS) is 21.0. The monoisotopic (exact) mass is 320 g/mol. The third kappa shape index (κ3) is 2.93. The second-order valence-corrected chi connectivity index (χ2v) is 7.20. The van der Waals surface area contributed by atoms with Gasteiger partial charge in [0.15, 0.2) is 5.16 Å². The lowest BCUT2D eigenvalue weighted by atomic mass is 9.77. The Morgan fingerprint density at radius 1 is 1.32 bits per heavy atom. The number of aromatic nitrogens is 2. The fourth-order valence-electron chi connectivity index (χ4n) is 3.59. The van der Waals surface area contributed by atoms with Crippen LogP contribution >= 0.6 is 11.8 Å². The summed E-state index contributed by atoms with van der Waals surface area (Å²) in [5.74, 6) is 1.36. The standard InChI is InChI=1S/C16H24N4OS/c1-4-19-11-16(10-14(19)21)5-7-20(8-6-16)13-9-12(2)17-15(18-13)22-3/h9H,4-8,10-11H2,1-3H3. The van der Waals surface area contributed by atoms with Crippen molar-refractivity contribution in [1.82, 2.24) is 14.9 Å². The van der Waals surface area contributed by atoms with Crippen molar-refractivity contribution in [1.29, 1.82) is 0 Å². The zero-order valence-electron chi connectivity index (χ0n) is 13.6. The Labute approximate surface area is 136 Å². The average Bonchev–Trinajstić information content (AvgIpc) is 2.83. The Balaban J connectivity index is 1.70. The maximum absolute atomic E-state index is 12.0. The molecule has 0 bridgehead atoms. The van der Waals surface area contributed by atoms with Crippen molar-refractivity contribution in [3.63, 3.8) is 0 Å². The summed E-state index contributed by atoms with van der Waals surface area (Å²) in [6.45, 7) is 7.83. The highest BCUT2D eigenvalue weighted by Crippen LogP contribution is 2.41. The molecule has 120 valence electrons. The van der Waals surface area contributed by atoms with Gasteiger partial charge in [0.25, 0.3) is 0 Å². The van der Waals surface area contributed by atoms with Gasteiger partial charge in [0.2, 0.25) is 5.91 Å². The second kappa shape index (κ2) is 6.07. The van der Waals surface area contributed by atoms with E-state index in [2.05, 4.69) is 27.9 Å². The molecule has 0 radical (unpaired) electrons. The molecular formula is C16H24N4OS. The van der Waals surface area contributed by atoms with Crippen LogP contribution in [0.15, 0.2) is 11.2 Å². The number of nitrogens with zero attached hydrogens (tertiary/aromatic N) is 4. The topological polar surface area (TPSA) is 49.3 Å². The zero-order valence-corrected chi connectivity index (χ0v) is 14.4. The summed E-state index contributed by atoms with van der Waals surface area (Å²) in [5, 5.41) is 0.837. The predicted molar refractivity (Wildman–Crippen MR) is 89.3 cm³/mol. The minimum absolute atomic E-state index is 0.202. The molecule has 2 fully saturated rings. The molecule has 0 aromatic carbocycles. The van der Waals surface area contributed by atoms with E-state index in [0.29, 0.717) is 5.91 Å². The highest BCUT2D eigenvalue weighted by Gasteiger charge is 2.44. The summed E-state index contributed by atoms with van der Waals surface area (Å²) in [6.07, 6.45) is 4.89. The van der Waals surface area contributed by atoms with Crippen LogP contribution in [0.4, 0.5) is 5.82 Å². The minimum atomic E-state index is 0.202. The Morgan fingerprint density at radius 2 is 2.05 bits per heavy atom. The molecule has 0 saturated carbocycles. The summed E-state index contributed by atoms with van der Waals surface area (Å²) in [5.41, 5.74) is 1.22. The van der Waals surface area contributed by atoms with Crippen molar-refractivity contribution in [2.75, 3.05) is 37.3 Å². The fourth-order valence-corrected chi connectivity index (χ4v) is 4.01. The molecule has 3 heterocycles. The van der Waals surface area contributed by atoms with Crippen LogP contribution in [0.3, 0.4) is 0 Å². The molecular weight excluding hydrogens is 296 g/mol. The van der Waals surface area contributed by atoms with Crippen LogP contribution in [0.2, 0.25) is 0 Å². The van der Waals surface area contributed by atoms with Crippen LogP contribution in [0.5, 0.6) is 0 Å². The third-order valence-corrected chi connectivity index (χ3v) is 5.49. The van der Waals surface area contributed by atoms with Crippen molar-refractivity contribution in [3.05, 3.63) is 11.8 Å². The summed E-state index contributed by atoms with van der Waals surface area (Å²) >= 11 is 1.58. The molecule has 0 unspecified atom stereocenters. The van der Waals surface area contributed by atoms with E-state index >= 15 is 0 Å². The summed E-state index contributed by atoms with van der Waals surface area (Å²) < 4.78 is 0. The number of thioether (sulfide) groups is 1. The first-order valence-corrected chi connectivity index (χ1v) is 9.20. The van der Waals surface area contributed by atoms with E-state index in [1.807, 2.05) is 18.1 Å². The van der Waals surface area contributed by atoms with Crippen LogP contribution in [0.25, 0.3) is 0 Å². The molecule has 1 spiro atoms. The molecule has 3 rings (SSSR count). The van der Waals surface area contributed by atoms with E-state index in [9.17, 15) is 4.79 Å². The van der Waals surface area contributed by atoms with E-state index in [-0.39, 0.29) is 5.41 Å². The van der Waals surface area contributed by atoms with Gasteiger partial charge in [-0.1, -0.05) is 11.8 Å². The average molecular weight is 320 g/mol. The van der Waals surface area contributed by atoms with Gasteiger partial charge in [0, 0.05) is 49.8 Å². The van der Waals surface area contributed by atoms with Crippen molar-refractivity contribution >= 4 is 23.5 Å². The van der Waals surface area contributed by atoms with Crippen LogP contribution in [-0.2, 0) is 4.79 Å². The van der Waals surface area contributed by atoms with E-state index in [1.54, 1.807) is 11.8 Å². The first-order valence-electron chi connectivity index (χ1n) is 7.98. The molecule has 6 heteroatoms. The number of anilines is 1. The molecule has 1 amide bonds. The number of carbonyl (C=O) groups excluding carboxylic acids is 1. The number of amides is 1. The maximum atomic E-state index is 12.0. The van der Waals surface area contributed by atoms with Crippen LogP contribution in [0.1, 0.15) is 31.9 Å².